The molecule has 0 saturated heterocycles. The van der Waals surface area contributed by atoms with E-state index in [0.717, 1.165) is 5.56 Å². The van der Waals surface area contributed by atoms with Crippen molar-refractivity contribution in [3.05, 3.63) is 71.3 Å². The monoisotopic (exact) mass is 267 g/mol. The number of ether oxygens (including phenoxy) is 1. The maximum Gasteiger partial charge on any atom is 0.263 e. The summed E-state index contributed by atoms with van der Waals surface area (Å²) in [4.78, 5) is 26.0. The fraction of sp³-hybridized carbons (Fsp3) is 0.125. The van der Waals surface area contributed by atoms with E-state index in [0.29, 0.717) is 11.1 Å². The topological polar surface area (TPSA) is 46.6 Å². The number of benzene rings is 2. The van der Waals surface area contributed by atoms with Gasteiger partial charge >= 0.3 is 0 Å². The first-order valence-electron chi connectivity index (χ1n) is 6.28. The molecular formula is C16H13NO3. The first kappa shape index (κ1) is 12.6. The van der Waals surface area contributed by atoms with Crippen LogP contribution in [0.5, 0.6) is 0 Å². The van der Waals surface area contributed by atoms with Crippen LogP contribution in [0.25, 0.3) is 0 Å². The van der Waals surface area contributed by atoms with Gasteiger partial charge in [-0.3, -0.25) is 9.59 Å². The Bertz CT molecular complexity index is 631. The molecule has 2 aromatic carbocycles. The van der Waals surface area contributed by atoms with Crippen molar-refractivity contribution >= 4 is 11.8 Å². The van der Waals surface area contributed by atoms with Gasteiger partial charge in [0.25, 0.3) is 11.8 Å². The smallest absolute Gasteiger partial charge is 0.263 e. The van der Waals surface area contributed by atoms with Crippen molar-refractivity contribution in [3.8, 4) is 0 Å². The van der Waals surface area contributed by atoms with E-state index in [-0.39, 0.29) is 11.8 Å². The summed E-state index contributed by atoms with van der Waals surface area (Å²) in [6, 6.07) is 16.0. The number of rotatable bonds is 3. The van der Waals surface area contributed by atoms with Crippen molar-refractivity contribution in [2.45, 2.75) is 6.23 Å². The molecule has 0 spiro atoms. The lowest BCUT2D eigenvalue weighted by Gasteiger charge is -2.24. The highest BCUT2D eigenvalue weighted by molar-refractivity contribution is 6.21. The fourth-order valence-corrected chi connectivity index (χ4v) is 2.43. The molecule has 0 N–H and O–H groups in total. The van der Waals surface area contributed by atoms with Crippen molar-refractivity contribution < 1.29 is 14.3 Å². The van der Waals surface area contributed by atoms with Crippen LogP contribution in [-0.2, 0) is 4.74 Å². The molecule has 0 bridgehead atoms. The molecule has 1 atom stereocenters. The molecular weight excluding hydrogens is 254 g/mol. The van der Waals surface area contributed by atoms with Crippen LogP contribution in [0, 0.1) is 0 Å². The average molecular weight is 267 g/mol. The van der Waals surface area contributed by atoms with Gasteiger partial charge in [0.05, 0.1) is 11.1 Å². The molecule has 1 aliphatic rings. The Morgan fingerprint density at radius 1 is 0.850 bits per heavy atom. The van der Waals surface area contributed by atoms with Crippen molar-refractivity contribution in [2.75, 3.05) is 7.11 Å². The fourth-order valence-electron chi connectivity index (χ4n) is 2.43. The average Bonchev–Trinajstić information content (AvgIpc) is 2.75. The van der Waals surface area contributed by atoms with Gasteiger partial charge in [-0.05, 0) is 12.1 Å². The number of hydrogen-bond acceptors (Lipinski definition) is 3. The van der Waals surface area contributed by atoms with E-state index in [1.165, 1.54) is 12.0 Å². The molecule has 100 valence electrons. The zero-order valence-electron chi connectivity index (χ0n) is 10.9. The van der Waals surface area contributed by atoms with Crippen molar-refractivity contribution in [1.82, 2.24) is 4.90 Å². The number of fused-ring (bicyclic) bond motifs is 1. The highest BCUT2D eigenvalue weighted by atomic mass is 16.5. The number of amides is 2. The Morgan fingerprint density at radius 3 is 1.85 bits per heavy atom. The summed E-state index contributed by atoms with van der Waals surface area (Å²) in [6.07, 6.45) is -0.705. The molecule has 1 aliphatic heterocycles. The van der Waals surface area contributed by atoms with Crippen LogP contribution in [0.15, 0.2) is 54.6 Å². The van der Waals surface area contributed by atoms with E-state index in [1.807, 2.05) is 30.3 Å². The molecule has 1 heterocycles. The zero-order chi connectivity index (χ0) is 14.1. The predicted octanol–water partition coefficient (Wildman–Crippen LogP) is 2.63. The normalized spacial score (nSPS) is 15.3. The van der Waals surface area contributed by atoms with Crippen LogP contribution in [0.1, 0.15) is 32.5 Å². The van der Waals surface area contributed by atoms with Crippen LogP contribution in [0.2, 0.25) is 0 Å². The van der Waals surface area contributed by atoms with Gasteiger partial charge in [-0.15, -0.1) is 0 Å². The number of carbonyl (C=O) groups is 2. The second kappa shape index (κ2) is 4.90. The van der Waals surface area contributed by atoms with Gasteiger partial charge in [-0.1, -0.05) is 42.5 Å². The number of imide groups is 1. The Hall–Kier alpha value is -2.46. The molecule has 0 fully saturated rings. The third-order valence-corrected chi connectivity index (χ3v) is 3.37. The highest BCUT2D eigenvalue weighted by Gasteiger charge is 2.40. The first-order chi connectivity index (χ1) is 9.74. The van der Waals surface area contributed by atoms with Gasteiger partial charge in [-0.25, -0.2) is 4.90 Å². The summed E-state index contributed by atoms with van der Waals surface area (Å²) in [6.45, 7) is 0. The summed E-state index contributed by atoms with van der Waals surface area (Å²) in [5.74, 6) is -0.636. The lowest BCUT2D eigenvalue weighted by atomic mass is 10.1. The Labute approximate surface area is 116 Å². The molecule has 4 nitrogen and oxygen atoms in total. The number of carbonyl (C=O) groups excluding carboxylic acids is 2. The van der Waals surface area contributed by atoms with Gasteiger partial charge in [0.15, 0.2) is 6.23 Å². The molecule has 2 aromatic rings. The first-order valence-corrected chi connectivity index (χ1v) is 6.28. The second-order valence-electron chi connectivity index (χ2n) is 4.52. The molecule has 0 saturated carbocycles. The van der Waals surface area contributed by atoms with E-state index in [1.54, 1.807) is 24.3 Å². The van der Waals surface area contributed by atoms with Gasteiger partial charge in [-0.2, -0.15) is 0 Å². The molecule has 20 heavy (non-hydrogen) atoms. The van der Waals surface area contributed by atoms with Crippen LogP contribution in [0.4, 0.5) is 0 Å². The summed E-state index contributed by atoms with van der Waals surface area (Å²) in [7, 11) is 1.49. The van der Waals surface area contributed by atoms with Crippen LogP contribution < -0.4 is 0 Å². The summed E-state index contributed by atoms with van der Waals surface area (Å²) >= 11 is 0. The molecule has 0 aromatic heterocycles. The Kier molecular flexibility index (Phi) is 3.08. The third-order valence-electron chi connectivity index (χ3n) is 3.37. The maximum absolute atomic E-state index is 12.4. The molecule has 0 radical (unpaired) electrons. The lowest BCUT2D eigenvalue weighted by molar-refractivity contribution is -0.0113. The largest absolute Gasteiger partial charge is 0.357 e. The van der Waals surface area contributed by atoms with Gasteiger partial charge in [0, 0.05) is 12.7 Å². The summed E-state index contributed by atoms with van der Waals surface area (Å²) < 4.78 is 5.38. The molecule has 4 heteroatoms. The number of nitrogens with zero attached hydrogens (tertiary/aromatic N) is 1. The van der Waals surface area contributed by atoms with Crippen LogP contribution in [-0.4, -0.2) is 23.8 Å². The number of hydrogen-bond donors (Lipinski definition) is 0. The minimum atomic E-state index is -0.705. The van der Waals surface area contributed by atoms with E-state index < -0.39 is 6.23 Å². The van der Waals surface area contributed by atoms with E-state index in [9.17, 15) is 9.59 Å². The predicted molar refractivity (Wildman–Crippen MR) is 73.1 cm³/mol. The number of methoxy groups -OCH3 is 1. The van der Waals surface area contributed by atoms with Crippen LogP contribution in [0.3, 0.4) is 0 Å². The standard InChI is InChI=1S/C16H13NO3/c1-20-16(11-7-3-2-4-8-11)17-14(18)12-9-5-6-10-13(12)15(17)19/h2-10,16H,1H3. The van der Waals surface area contributed by atoms with Crippen molar-refractivity contribution in [1.29, 1.82) is 0 Å². The minimum absolute atomic E-state index is 0.318. The summed E-state index contributed by atoms with van der Waals surface area (Å²) in [5.41, 5.74) is 1.62. The maximum atomic E-state index is 12.4. The SMILES string of the molecule is COC(c1ccccc1)N1C(=O)c2ccccc2C1=O. The quantitative estimate of drug-likeness (QED) is 0.803. The lowest BCUT2D eigenvalue weighted by Crippen LogP contribution is -2.35. The van der Waals surface area contributed by atoms with Gasteiger partial charge < -0.3 is 4.74 Å². The Balaban J connectivity index is 2.03. The van der Waals surface area contributed by atoms with Gasteiger partial charge in [0.1, 0.15) is 0 Å². The zero-order valence-corrected chi connectivity index (χ0v) is 10.9. The second-order valence-corrected chi connectivity index (χ2v) is 4.52. The van der Waals surface area contributed by atoms with Gasteiger partial charge in [0.2, 0.25) is 0 Å². The Morgan fingerprint density at radius 2 is 1.35 bits per heavy atom. The molecule has 0 aliphatic carbocycles. The van der Waals surface area contributed by atoms with E-state index in [2.05, 4.69) is 0 Å². The molecule has 1 unspecified atom stereocenters. The third kappa shape index (κ3) is 1.82. The van der Waals surface area contributed by atoms with E-state index in [4.69, 9.17) is 4.74 Å². The molecule has 2 amide bonds. The van der Waals surface area contributed by atoms with Crippen LogP contribution >= 0.6 is 0 Å². The van der Waals surface area contributed by atoms with Crippen molar-refractivity contribution in [3.63, 3.8) is 0 Å². The minimum Gasteiger partial charge on any atom is -0.357 e. The van der Waals surface area contributed by atoms with Crippen molar-refractivity contribution in [2.24, 2.45) is 0 Å². The summed E-state index contributed by atoms with van der Waals surface area (Å²) in [5, 5.41) is 0. The highest BCUT2D eigenvalue weighted by Crippen LogP contribution is 2.31. The molecule has 3 rings (SSSR count). The van der Waals surface area contributed by atoms with E-state index >= 15 is 0 Å².